The van der Waals surface area contributed by atoms with Gasteiger partial charge in [0.2, 0.25) is 16.8 Å². The number of rotatable bonds is 9. The molecule has 0 radical (unpaired) electrons. The molecule has 1 amide bonds. The maximum Gasteiger partial charge on any atom is 0.367 e. The van der Waals surface area contributed by atoms with Gasteiger partial charge in [-0.1, -0.05) is 17.3 Å². The zero-order chi connectivity index (χ0) is 28.7. The number of amides is 1. The highest BCUT2D eigenvalue weighted by Crippen LogP contribution is 2.70. The van der Waals surface area contributed by atoms with Crippen molar-refractivity contribution in [1.82, 2.24) is 15.1 Å². The number of hydrogen-bond donors (Lipinski definition) is 0. The molecular formula is C32H35FN4O4S. The summed E-state index contributed by atoms with van der Waals surface area (Å²) in [4.78, 5) is 37.7. The van der Waals surface area contributed by atoms with Gasteiger partial charge in [-0.05, 0) is 95.1 Å². The van der Waals surface area contributed by atoms with Crippen molar-refractivity contribution in [3.8, 4) is 11.3 Å². The fourth-order valence-electron chi connectivity index (χ4n) is 8.10. The summed E-state index contributed by atoms with van der Waals surface area (Å²) in [6.45, 7) is 2.68. The molecule has 0 N–H and O–H groups in total. The van der Waals surface area contributed by atoms with Crippen LogP contribution in [0.25, 0.3) is 11.3 Å². The first-order valence-electron chi connectivity index (χ1n) is 15.3. The summed E-state index contributed by atoms with van der Waals surface area (Å²) < 4.78 is 25.5. The Morgan fingerprint density at radius 2 is 1.83 bits per heavy atom. The Morgan fingerprint density at radius 3 is 2.50 bits per heavy atom. The van der Waals surface area contributed by atoms with Gasteiger partial charge in [-0.25, -0.2) is 14.2 Å². The summed E-state index contributed by atoms with van der Waals surface area (Å²) in [6.07, 6.45) is 9.23. The van der Waals surface area contributed by atoms with Crippen LogP contribution in [-0.4, -0.2) is 45.8 Å². The van der Waals surface area contributed by atoms with Gasteiger partial charge < -0.3 is 14.2 Å². The third-order valence-corrected chi connectivity index (χ3v) is 11.6. The molecule has 10 heteroatoms. The smallest absolute Gasteiger partial charge is 0.367 e. The standard InChI is InChI=1S/C32H35FN4O4S/c1-2-40-26(38)25-34-23(15-42-25)21-4-3-5-22(14-21)37(28(39)31-16-32(33,17-31)18-31)19-29-8-11-30(12-9-29,13-10-29)27-35-24(36-41-27)20-6-7-20/h3-5,14-15,20H,2,6-13,16-19H2,1H3. The van der Waals surface area contributed by atoms with Crippen LogP contribution < -0.4 is 4.90 Å². The van der Waals surface area contributed by atoms with Crippen LogP contribution in [0.5, 0.6) is 0 Å². The van der Waals surface area contributed by atoms with Crippen LogP contribution in [0.3, 0.4) is 0 Å². The molecule has 7 aliphatic rings. The number of halogens is 1. The molecular weight excluding hydrogens is 555 g/mol. The molecule has 7 aliphatic carbocycles. The van der Waals surface area contributed by atoms with Crippen molar-refractivity contribution in [2.24, 2.45) is 10.8 Å². The molecule has 0 atom stereocenters. The molecule has 3 aromatic rings. The highest BCUT2D eigenvalue weighted by atomic mass is 32.1. The summed E-state index contributed by atoms with van der Waals surface area (Å²) in [5, 5.41) is 6.45. The van der Waals surface area contributed by atoms with Crippen LogP contribution in [0.15, 0.2) is 34.2 Å². The monoisotopic (exact) mass is 590 g/mol. The predicted octanol–water partition coefficient (Wildman–Crippen LogP) is 6.76. The molecule has 7 saturated carbocycles. The molecule has 0 saturated heterocycles. The van der Waals surface area contributed by atoms with E-state index in [4.69, 9.17) is 14.2 Å². The average Bonchev–Trinajstić information content (AvgIpc) is 3.48. The maximum atomic E-state index is 14.6. The number of thiazole rings is 1. The molecule has 4 bridgehead atoms. The third kappa shape index (κ3) is 4.15. The molecule has 0 aliphatic heterocycles. The zero-order valence-corrected chi connectivity index (χ0v) is 24.7. The Balaban J connectivity index is 1.06. The van der Waals surface area contributed by atoms with Crippen LogP contribution in [0.4, 0.5) is 10.1 Å². The number of ether oxygens (including phenoxy) is 1. The lowest BCUT2D eigenvalue weighted by Gasteiger charge is -2.65. The van der Waals surface area contributed by atoms with Gasteiger partial charge in [-0.15, -0.1) is 11.3 Å². The Hall–Kier alpha value is -3.14. The number of carbonyl (C=O) groups excluding carboxylic acids is 2. The lowest BCUT2D eigenvalue weighted by molar-refractivity contribution is -0.211. The van der Waals surface area contributed by atoms with E-state index in [0.29, 0.717) is 49.0 Å². The minimum absolute atomic E-state index is 0.00140. The Kier molecular flexibility index (Phi) is 5.79. The van der Waals surface area contributed by atoms with Crippen molar-refractivity contribution >= 4 is 28.9 Å². The summed E-state index contributed by atoms with van der Waals surface area (Å²) in [5.74, 6) is 1.77. The molecule has 10 rings (SSSR count). The quantitative estimate of drug-likeness (QED) is 0.254. The third-order valence-electron chi connectivity index (χ3n) is 10.8. The van der Waals surface area contributed by atoms with Gasteiger partial charge >= 0.3 is 5.97 Å². The van der Waals surface area contributed by atoms with Gasteiger partial charge in [0, 0.05) is 34.5 Å². The van der Waals surface area contributed by atoms with E-state index < -0.39 is 17.1 Å². The molecule has 2 heterocycles. The number of nitrogens with zero attached hydrogens (tertiary/aromatic N) is 4. The highest BCUT2D eigenvalue weighted by molar-refractivity contribution is 7.11. The Morgan fingerprint density at radius 1 is 1.10 bits per heavy atom. The molecule has 0 unspecified atom stereocenters. The summed E-state index contributed by atoms with van der Waals surface area (Å²) in [6, 6.07) is 7.84. The van der Waals surface area contributed by atoms with Gasteiger partial charge in [-0.2, -0.15) is 4.98 Å². The van der Waals surface area contributed by atoms with Crippen LogP contribution in [-0.2, 0) is 14.9 Å². The normalized spacial score (nSPS) is 32.6. The average molecular weight is 591 g/mol. The van der Waals surface area contributed by atoms with E-state index in [-0.39, 0.29) is 16.7 Å². The molecule has 1 aromatic carbocycles. The van der Waals surface area contributed by atoms with Crippen molar-refractivity contribution in [1.29, 1.82) is 0 Å². The van der Waals surface area contributed by atoms with Gasteiger partial charge in [0.15, 0.2) is 5.82 Å². The van der Waals surface area contributed by atoms with Crippen LogP contribution in [0.1, 0.15) is 105 Å². The van der Waals surface area contributed by atoms with Crippen LogP contribution in [0, 0.1) is 10.8 Å². The van der Waals surface area contributed by atoms with Crippen molar-refractivity contribution in [3.05, 3.63) is 46.4 Å². The number of carbonyl (C=O) groups is 2. The first kappa shape index (κ1) is 26.5. The molecule has 7 fully saturated rings. The van der Waals surface area contributed by atoms with E-state index in [1.165, 1.54) is 11.3 Å². The number of aromatic nitrogens is 3. The second-order valence-corrected chi connectivity index (χ2v) is 14.5. The number of benzene rings is 1. The van der Waals surface area contributed by atoms with E-state index in [0.717, 1.165) is 74.3 Å². The maximum absolute atomic E-state index is 14.6. The van der Waals surface area contributed by atoms with E-state index in [2.05, 4.69) is 10.1 Å². The Bertz CT molecular complexity index is 1530. The minimum Gasteiger partial charge on any atom is -0.461 e. The number of alkyl halides is 1. The first-order chi connectivity index (χ1) is 20.2. The lowest BCUT2D eigenvalue weighted by atomic mass is 9.41. The fraction of sp³-hybridized carbons (Fsp3) is 0.594. The van der Waals surface area contributed by atoms with E-state index in [1.807, 2.05) is 34.5 Å². The SMILES string of the molecule is CCOC(=O)c1nc(-c2cccc(N(CC34CCC(c5nc(C6CC6)no5)(CC3)CC4)C(=O)C34CC(F)(C3)C4)c2)cs1. The predicted molar refractivity (Wildman–Crippen MR) is 154 cm³/mol. The molecule has 8 nitrogen and oxygen atoms in total. The lowest BCUT2D eigenvalue weighted by Crippen LogP contribution is -2.71. The van der Waals surface area contributed by atoms with Crippen molar-refractivity contribution in [3.63, 3.8) is 0 Å². The van der Waals surface area contributed by atoms with Crippen LogP contribution >= 0.6 is 11.3 Å². The van der Waals surface area contributed by atoms with E-state index in [9.17, 15) is 14.0 Å². The number of hydrogen-bond acceptors (Lipinski definition) is 8. The Labute approximate surface area is 248 Å². The molecule has 0 spiro atoms. The molecule has 2 aromatic heterocycles. The number of anilines is 1. The summed E-state index contributed by atoms with van der Waals surface area (Å²) >= 11 is 1.25. The van der Waals surface area contributed by atoms with E-state index in [1.54, 1.807) is 6.92 Å². The zero-order valence-electron chi connectivity index (χ0n) is 23.9. The number of fused-ring (bicyclic) bond motifs is 3. The topological polar surface area (TPSA) is 98.4 Å². The minimum atomic E-state index is -1.15. The van der Waals surface area contributed by atoms with Crippen molar-refractivity contribution in [2.45, 2.75) is 94.6 Å². The first-order valence-corrected chi connectivity index (χ1v) is 16.2. The summed E-state index contributed by atoms with van der Waals surface area (Å²) in [5.41, 5.74) is 0.550. The fourth-order valence-corrected chi connectivity index (χ4v) is 8.82. The highest BCUT2D eigenvalue weighted by Gasteiger charge is 2.73. The summed E-state index contributed by atoms with van der Waals surface area (Å²) in [7, 11) is 0. The van der Waals surface area contributed by atoms with Gasteiger partial charge in [0.1, 0.15) is 5.67 Å². The van der Waals surface area contributed by atoms with Gasteiger partial charge in [-0.3, -0.25) is 4.79 Å². The molecule has 220 valence electrons. The van der Waals surface area contributed by atoms with Gasteiger partial charge in [0.25, 0.3) is 0 Å². The second-order valence-electron chi connectivity index (χ2n) is 13.7. The molecule has 42 heavy (non-hydrogen) atoms. The van der Waals surface area contributed by atoms with Crippen molar-refractivity contribution < 1.29 is 23.2 Å². The van der Waals surface area contributed by atoms with Crippen LogP contribution in [0.2, 0.25) is 0 Å². The number of esters is 1. The van der Waals surface area contributed by atoms with E-state index >= 15 is 0 Å². The van der Waals surface area contributed by atoms with Crippen molar-refractivity contribution in [2.75, 3.05) is 18.1 Å². The largest absolute Gasteiger partial charge is 0.461 e. The second kappa shape index (κ2) is 9.18. The van der Waals surface area contributed by atoms with Gasteiger partial charge in [0.05, 0.1) is 17.7 Å².